The number of nitrogens with zero attached hydrogens (tertiary/aromatic N) is 4. The molecule has 6 nitrogen and oxygen atoms in total. The fraction of sp³-hybridized carbons (Fsp3) is 0.200. The predicted molar refractivity (Wildman–Crippen MR) is 131 cm³/mol. The molecule has 8 heteroatoms. The molecule has 1 N–H and O–H groups in total. The SMILES string of the molecule is Cc1nnc2n1-c1sc3c(c1C=NC2c1ccccc1C(=O)Nc1ccc(Cl)cc1)CCC3. The van der Waals surface area contributed by atoms with Gasteiger partial charge in [0.25, 0.3) is 5.91 Å². The summed E-state index contributed by atoms with van der Waals surface area (Å²) in [7, 11) is 0. The fourth-order valence-electron chi connectivity index (χ4n) is 4.63. The van der Waals surface area contributed by atoms with Crippen molar-refractivity contribution in [2.75, 3.05) is 5.32 Å². The molecule has 0 bridgehead atoms. The van der Waals surface area contributed by atoms with Gasteiger partial charge in [0.15, 0.2) is 5.82 Å². The molecule has 2 aromatic carbocycles. The average molecular weight is 474 g/mol. The van der Waals surface area contributed by atoms with Crippen LogP contribution in [0.4, 0.5) is 5.69 Å². The van der Waals surface area contributed by atoms with Gasteiger partial charge in [-0.05, 0) is 67.6 Å². The number of benzene rings is 2. The fourth-order valence-corrected chi connectivity index (χ4v) is 6.17. The van der Waals surface area contributed by atoms with Gasteiger partial charge in [-0.3, -0.25) is 14.4 Å². The van der Waals surface area contributed by atoms with Gasteiger partial charge in [0.05, 0.1) is 0 Å². The minimum atomic E-state index is -0.435. The number of fused-ring (bicyclic) bond motifs is 5. The largest absolute Gasteiger partial charge is 0.322 e. The third-order valence-electron chi connectivity index (χ3n) is 6.19. The van der Waals surface area contributed by atoms with Crippen LogP contribution in [-0.4, -0.2) is 26.9 Å². The zero-order chi connectivity index (χ0) is 22.5. The van der Waals surface area contributed by atoms with Crippen LogP contribution in [0.1, 0.15) is 56.0 Å². The first-order valence-electron chi connectivity index (χ1n) is 10.9. The summed E-state index contributed by atoms with van der Waals surface area (Å²) in [6.45, 7) is 1.96. The van der Waals surface area contributed by atoms with Gasteiger partial charge in [0.1, 0.15) is 16.9 Å². The molecule has 0 radical (unpaired) electrons. The Morgan fingerprint density at radius 1 is 1.12 bits per heavy atom. The van der Waals surface area contributed by atoms with Crippen LogP contribution in [0.5, 0.6) is 0 Å². The molecule has 4 aromatic rings. The number of aliphatic imine (C=N–C) groups is 1. The maximum Gasteiger partial charge on any atom is 0.256 e. The normalized spacial score (nSPS) is 16.1. The van der Waals surface area contributed by atoms with E-state index in [0.29, 0.717) is 16.3 Å². The predicted octanol–water partition coefficient (Wildman–Crippen LogP) is 5.55. The minimum absolute atomic E-state index is 0.203. The van der Waals surface area contributed by atoms with Crippen LogP contribution in [-0.2, 0) is 12.8 Å². The number of hydrogen-bond donors (Lipinski definition) is 1. The highest BCUT2D eigenvalue weighted by Crippen LogP contribution is 2.41. The molecule has 3 heterocycles. The van der Waals surface area contributed by atoms with Crippen molar-refractivity contribution < 1.29 is 4.79 Å². The number of aryl methyl sites for hydroxylation is 2. The molecule has 1 aliphatic heterocycles. The van der Waals surface area contributed by atoms with Crippen molar-refractivity contribution in [3.63, 3.8) is 0 Å². The minimum Gasteiger partial charge on any atom is -0.322 e. The van der Waals surface area contributed by atoms with Gasteiger partial charge < -0.3 is 5.32 Å². The molecule has 2 aromatic heterocycles. The van der Waals surface area contributed by atoms with E-state index in [0.717, 1.165) is 35.1 Å². The molecule has 1 aliphatic carbocycles. The van der Waals surface area contributed by atoms with Crippen molar-refractivity contribution in [3.05, 3.63) is 92.3 Å². The van der Waals surface area contributed by atoms with Crippen molar-refractivity contribution in [2.24, 2.45) is 4.99 Å². The van der Waals surface area contributed by atoms with Crippen LogP contribution < -0.4 is 5.32 Å². The van der Waals surface area contributed by atoms with Gasteiger partial charge in [-0.25, -0.2) is 0 Å². The quantitative estimate of drug-likeness (QED) is 0.423. The molecule has 0 fully saturated rings. The molecule has 0 saturated heterocycles. The van der Waals surface area contributed by atoms with Gasteiger partial charge in [-0.1, -0.05) is 29.8 Å². The second-order valence-electron chi connectivity index (χ2n) is 8.25. The van der Waals surface area contributed by atoms with Gasteiger partial charge in [-0.15, -0.1) is 21.5 Å². The number of carbonyl (C=O) groups is 1. The van der Waals surface area contributed by atoms with E-state index in [-0.39, 0.29) is 5.91 Å². The van der Waals surface area contributed by atoms with Gasteiger partial charge in [0, 0.05) is 32.9 Å². The lowest BCUT2D eigenvalue weighted by Gasteiger charge is -2.16. The van der Waals surface area contributed by atoms with E-state index >= 15 is 0 Å². The third kappa shape index (κ3) is 3.39. The van der Waals surface area contributed by atoms with Crippen molar-refractivity contribution in [3.8, 4) is 5.00 Å². The van der Waals surface area contributed by atoms with Gasteiger partial charge in [-0.2, -0.15) is 0 Å². The molecular weight excluding hydrogens is 454 g/mol. The Morgan fingerprint density at radius 3 is 2.79 bits per heavy atom. The van der Waals surface area contributed by atoms with E-state index < -0.39 is 6.04 Å². The maximum atomic E-state index is 13.3. The summed E-state index contributed by atoms with van der Waals surface area (Å²) in [5, 5.41) is 13.6. The van der Waals surface area contributed by atoms with Gasteiger partial charge >= 0.3 is 0 Å². The summed E-state index contributed by atoms with van der Waals surface area (Å²) in [5.41, 5.74) is 4.59. The molecule has 0 saturated carbocycles. The average Bonchev–Trinajstić information content (AvgIpc) is 3.48. The zero-order valence-corrected chi connectivity index (χ0v) is 19.5. The van der Waals surface area contributed by atoms with Crippen LogP contribution in [0.3, 0.4) is 0 Å². The number of amides is 1. The second kappa shape index (κ2) is 7.93. The summed E-state index contributed by atoms with van der Waals surface area (Å²) < 4.78 is 2.11. The summed E-state index contributed by atoms with van der Waals surface area (Å²) >= 11 is 7.79. The van der Waals surface area contributed by atoms with E-state index in [1.165, 1.54) is 22.4 Å². The van der Waals surface area contributed by atoms with E-state index in [2.05, 4.69) is 20.1 Å². The monoisotopic (exact) mass is 473 g/mol. The summed E-state index contributed by atoms with van der Waals surface area (Å²) in [6.07, 6.45) is 5.36. The van der Waals surface area contributed by atoms with Crippen LogP contribution in [0.15, 0.2) is 53.5 Å². The van der Waals surface area contributed by atoms with E-state index in [9.17, 15) is 4.79 Å². The highest BCUT2D eigenvalue weighted by molar-refractivity contribution is 7.15. The highest BCUT2D eigenvalue weighted by atomic mass is 35.5. The molecule has 2 aliphatic rings. The van der Waals surface area contributed by atoms with E-state index in [1.807, 2.05) is 48.7 Å². The molecular formula is C25H20ClN5OS. The Kier molecular flexibility index (Phi) is 4.89. The van der Waals surface area contributed by atoms with Crippen molar-refractivity contribution in [1.29, 1.82) is 0 Å². The molecule has 0 spiro atoms. The third-order valence-corrected chi connectivity index (χ3v) is 7.74. The Bertz CT molecular complexity index is 1420. The molecule has 1 atom stereocenters. The Morgan fingerprint density at radius 2 is 1.94 bits per heavy atom. The Hall–Kier alpha value is -3.29. The standard InChI is InChI=1S/C25H20ClN5OS/c1-14-29-30-23-22(27-13-20-17-7-4-8-21(17)33-25(20)31(14)23)18-5-2-3-6-19(18)24(32)28-16-11-9-15(26)10-12-16/h2-3,5-6,9-13,22H,4,7-8H2,1H3,(H,28,32). The molecule has 164 valence electrons. The smallest absolute Gasteiger partial charge is 0.256 e. The molecule has 1 amide bonds. The number of halogens is 1. The first-order chi connectivity index (χ1) is 16.1. The first kappa shape index (κ1) is 20.3. The van der Waals surface area contributed by atoms with Crippen molar-refractivity contribution in [1.82, 2.24) is 14.8 Å². The number of nitrogens with one attached hydrogen (secondary N) is 1. The Labute approximate surface area is 200 Å². The number of aromatic nitrogens is 3. The molecule has 33 heavy (non-hydrogen) atoms. The van der Waals surface area contributed by atoms with Crippen molar-refractivity contribution >= 4 is 40.7 Å². The number of thiophene rings is 1. The van der Waals surface area contributed by atoms with Crippen LogP contribution in [0.25, 0.3) is 5.00 Å². The van der Waals surface area contributed by atoms with Crippen LogP contribution in [0, 0.1) is 6.92 Å². The van der Waals surface area contributed by atoms with E-state index in [1.54, 1.807) is 24.3 Å². The number of anilines is 1. The number of carbonyl (C=O) groups excluding carboxylic acids is 1. The lowest BCUT2D eigenvalue weighted by Crippen LogP contribution is -2.17. The van der Waals surface area contributed by atoms with E-state index in [4.69, 9.17) is 16.6 Å². The summed E-state index contributed by atoms with van der Waals surface area (Å²) in [4.78, 5) is 19.6. The van der Waals surface area contributed by atoms with Crippen LogP contribution in [0.2, 0.25) is 5.02 Å². The topological polar surface area (TPSA) is 72.2 Å². The number of rotatable bonds is 3. The second-order valence-corrected chi connectivity index (χ2v) is 9.77. The molecule has 1 unspecified atom stereocenters. The summed E-state index contributed by atoms with van der Waals surface area (Å²) in [6, 6.07) is 14.2. The van der Waals surface area contributed by atoms with Crippen LogP contribution >= 0.6 is 22.9 Å². The lowest BCUT2D eigenvalue weighted by molar-refractivity contribution is 0.102. The first-order valence-corrected chi connectivity index (χ1v) is 12.1. The van der Waals surface area contributed by atoms with Gasteiger partial charge in [0.2, 0.25) is 0 Å². The number of hydrogen-bond acceptors (Lipinski definition) is 5. The Balaban J connectivity index is 1.44. The maximum absolute atomic E-state index is 13.3. The lowest BCUT2D eigenvalue weighted by atomic mass is 9.99. The zero-order valence-electron chi connectivity index (χ0n) is 17.9. The summed E-state index contributed by atoms with van der Waals surface area (Å²) in [5.74, 6) is 1.35. The molecule has 6 rings (SSSR count). The highest BCUT2D eigenvalue weighted by Gasteiger charge is 2.32. The van der Waals surface area contributed by atoms with Crippen molar-refractivity contribution in [2.45, 2.75) is 32.2 Å².